The van der Waals surface area contributed by atoms with Crippen molar-refractivity contribution in [2.45, 2.75) is 19.3 Å². The molecule has 0 bridgehead atoms. The first-order valence-electron chi connectivity index (χ1n) is 2.77. The molecular weight excluding hydrogens is 187 g/mol. The zero-order chi connectivity index (χ0) is 5.98. The molecule has 1 rings (SSSR count). The first-order valence-corrected chi connectivity index (χ1v) is 4.27. The van der Waals surface area contributed by atoms with E-state index >= 15 is 0 Å². The molecule has 0 N–H and O–H groups in total. The van der Waals surface area contributed by atoms with E-state index in [4.69, 9.17) is 11.6 Å². The second-order valence-corrected chi connectivity index (χ2v) is 3.01. The zero-order valence-electron chi connectivity index (χ0n) is 4.58. The third kappa shape index (κ3) is 1.26. The van der Waals surface area contributed by atoms with E-state index in [1.54, 1.807) is 0 Å². The molecule has 1 saturated carbocycles. The van der Waals surface area contributed by atoms with Crippen molar-refractivity contribution in [2.75, 3.05) is 5.33 Å². The van der Waals surface area contributed by atoms with Crippen LogP contribution < -0.4 is 0 Å². The maximum absolute atomic E-state index is 5.80. The van der Waals surface area contributed by atoms with Gasteiger partial charge >= 0.3 is 0 Å². The molecule has 0 atom stereocenters. The van der Waals surface area contributed by atoms with E-state index in [-0.39, 0.29) is 0 Å². The highest BCUT2D eigenvalue weighted by molar-refractivity contribution is 9.09. The lowest BCUT2D eigenvalue weighted by molar-refractivity contribution is 0.658. The third-order valence-corrected chi connectivity index (χ3v) is 2.74. The average molecular weight is 195 g/mol. The Labute approximate surface area is 63.0 Å². The highest BCUT2D eigenvalue weighted by Gasteiger charge is 2.11. The SMILES string of the molecule is ClC(CBr)=C1CCC1. The summed E-state index contributed by atoms with van der Waals surface area (Å²) in [6.07, 6.45) is 3.79. The first-order chi connectivity index (χ1) is 3.84. The van der Waals surface area contributed by atoms with Gasteiger partial charge in [-0.3, -0.25) is 0 Å². The van der Waals surface area contributed by atoms with E-state index in [0.717, 1.165) is 10.4 Å². The molecular formula is C6H8BrCl. The third-order valence-electron chi connectivity index (χ3n) is 1.46. The topological polar surface area (TPSA) is 0 Å². The fraction of sp³-hybridized carbons (Fsp3) is 0.667. The summed E-state index contributed by atoms with van der Waals surface area (Å²) in [4.78, 5) is 0. The first kappa shape index (κ1) is 6.63. The summed E-state index contributed by atoms with van der Waals surface area (Å²) in [7, 11) is 0. The van der Waals surface area contributed by atoms with Gasteiger partial charge in [-0.05, 0) is 19.3 Å². The number of rotatable bonds is 1. The molecule has 0 amide bonds. The molecule has 0 heterocycles. The normalized spacial score (nSPS) is 18.0. The van der Waals surface area contributed by atoms with Crippen molar-refractivity contribution in [1.82, 2.24) is 0 Å². The van der Waals surface area contributed by atoms with Gasteiger partial charge in [0.15, 0.2) is 0 Å². The Kier molecular flexibility index (Phi) is 2.39. The van der Waals surface area contributed by atoms with Crippen LogP contribution in [0.15, 0.2) is 10.6 Å². The molecule has 0 unspecified atom stereocenters. The minimum Gasteiger partial charge on any atom is -0.0883 e. The van der Waals surface area contributed by atoms with Crippen molar-refractivity contribution in [1.29, 1.82) is 0 Å². The van der Waals surface area contributed by atoms with Gasteiger partial charge in [0.05, 0.1) is 0 Å². The van der Waals surface area contributed by atoms with E-state index in [1.807, 2.05) is 0 Å². The monoisotopic (exact) mass is 194 g/mol. The number of allylic oxidation sites excluding steroid dienone is 2. The van der Waals surface area contributed by atoms with Crippen molar-refractivity contribution in [3.8, 4) is 0 Å². The van der Waals surface area contributed by atoms with Crippen LogP contribution in [0, 0.1) is 0 Å². The Hall–Kier alpha value is 0.510. The van der Waals surface area contributed by atoms with Crippen LogP contribution in [0.1, 0.15) is 19.3 Å². The van der Waals surface area contributed by atoms with E-state index in [0.29, 0.717) is 0 Å². The molecule has 0 saturated heterocycles. The van der Waals surface area contributed by atoms with Crippen molar-refractivity contribution in [3.63, 3.8) is 0 Å². The molecule has 0 aromatic carbocycles. The number of hydrogen-bond donors (Lipinski definition) is 0. The quantitative estimate of drug-likeness (QED) is 0.564. The van der Waals surface area contributed by atoms with Crippen LogP contribution in [0.5, 0.6) is 0 Å². The second-order valence-electron chi connectivity index (χ2n) is 2.00. The second kappa shape index (κ2) is 2.88. The minimum absolute atomic E-state index is 0.837. The maximum Gasteiger partial charge on any atom is 0.0390 e. The fourth-order valence-electron chi connectivity index (χ4n) is 0.719. The summed E-state index contributed by atoms with van der Waals surface area (Å²) in [6, 6.07) is 0. The molecule has 0 aromatic heterocycles. The summed E-state index contributed by atoms with van der Waals surface area (Å²) in [6.45, 7) is 0. The number of alkyl halides is 1. The van der Waals surface area contributed by atoms with E-state index in [1.165, 1.54) is 24.8 Å². The smallest absolute Gasteiger partial charge is 0.0390 e. The van der Waals surface area contributed by atoms with Crippen LogP contribution in [-0.2, 0) is 0 Å². The van der Waals surface area contributed by atoms with Gasteiger partial charge in [-0.15, -0.1) is 0 Å². The Morgan fingerprint density at radius 2 is 2.25 bits per heavy atom. The molecule has 0 aromatic rings. The molecule has 1 fully saturated rings. The molecule has 0 nitrogen and oxygen atoms in total. The van der Waals surface area contributed by atoms with Crippen molar-refractivity contribution in [3.05, 3.63) is 10.6 Å². The van der Waals surface area contributed by atoms with Crippen molar-refractivity contribution in [2.24, 2.45) is 0 Å². The van der Waals surface area contributed by atoms with Crippen LogP contribution in [0.4, 0.5) is 0 Å². The minimum atomic E-state index is 0.837. The van der Waals surface area contributed by atoms with Crippen LogP contribution >= 0.6 is 27.5 Å². The Balaban J connectivity index is 2.47. The summed E-state index contributed by atoms with van der Waals surface area (Å²) in [5.74, 6) is 0. The van der Waals surface area contributed by atoms with Gasteiger partial charge in [-0.25, -0.2) is 0 Å². The van der Waals surface area contributed by atoms with Crippen molar-refractivity contribution >= 4 is 27.5 Å². The highest BCUT2D eigenvalue weighted by atomic mass is 79.9. The van der Waals surface area contributed by atoms with Crippen LogP contribution in [0.3, 0.4) is 0 Å². The van der Waals surface area contributed by atoms with Crippen molar-refractivity contribution < 1.29 is 0 Å². The summed E-state index contributed by atoms with van der Waals surface area (Å²) >= 11 is 9.10. The van der Waals surface area contributed by atoms with E-state index < -0.39 is 0 Å². The lowest BCUT2D eigenvalue weighted by atomic mass is 9.92. The van der Waals surface area contributed by atoms with Gasteiger partial charge in [0, 0.05) is 10.4 Å². The Morgan fingerprint density at radius 3 is 2.38 bits per heavy atom. The summed E-state index contributed by atoms with van der Waals surface area (Å²) < 4.78 is 0. The standard InChI is InChI=1S/C6H8BrCl/c7-4-6(8)5-2-1-3-5/h1-4H2. The van der Waals surface area contributed by atoms with Gasteiger partial charge in [0.1, 0.15) is 0 Å². The van der Waals surface area contributed by atoms with E-state index in [9.17, 15) is 0 Å². The van der Waals surface area contributed by atoms with Gasteiger partial charge < -0.3 is 0 Å². The maximum atomic E-state index is 5.80. The highest BCUT2D eigenvalue weighted by Crippen LogP contribution is 2.30. The molecule has 8 heavy (non-hydrogen) atoms. The summed E-state index contributed by atoms with van der Waals surface area (Å²) in [5.41, 5.74) is 1.45. The Morgan fingerprint density at radius 1 is 1.62 bits per heavy atom. The van der Waals surface area contributed by atoms with Gasteiger partial charge in [0.25, 0.3) is 0 Å². The van der Waals surface area contributed by atoms with Crippen LogP contribution in [0.2, 0.25) is 0 Å². The molecule has 2 heteroatoms. The molecule has 1 aliphatic carbocycles. The predicted molar refractivity (Wildman–Crippen MR) is 40.5 cm³/mol. The number of halogens is 2. The molecule has 0 aliphatic heterocycles. The molecule has 1 aliphatic rings. The Bertz CT molecular complexity index is 106. The van der Waals surface area contributed by atoms with Crippen LogP contribution in [0.25, 0.3) is 0 Å². The molecule has 0 radical (unpaired) electrons. The lowest BCUT2D eigenvalue weighted by Gasteiger charge is -2.17. The van der Waals surface area contributed by atoms with Gasteiger partial charge in [-0.1, -0.05) is 33.1 Å². The molecule has 0 spiro atoms. The average Bonchev–Trinajstić information content (AvgIpc) is 1.62. The number of hydrogen-bond acceptors (Lipinski definition) is 0. The van der Waals surface area contributed by atoms with Crippen LogP contribution in [-0.4, -0.2) is 5.33 Å². The largest absolute Gasteiger partial charge is 0.0883 e. The summed E-state index contributed by atoms with van der Waals surface area (Å²) in [5, 5.41) is 1.86. The molecule has 46 valence electrons. The van der Waals surface area contributed by atoms with Gasteiger partial charge in [0.2, 0.25) is 0 Å². The van der Waals surface area contributed by atoms with E-state index in [2.05, 4.69) is 15.9 Å². The predicted octanol–water partition coefficient (Wildman–Crippen LogP) is 3.06. The lowest BCUT2D eigenvalue weighted by Crippen LogP contribution is -1.99. The zero-order valence-corrected chi connectivity index (χ0v) is 6.93. The van der Waals surface area contributed by atoms with Gasteiger partial charge in [-0.2, -0.15) is 0 Å². The fourth-order valence-corrected chi connectivity index (χ4v) is 1.30.